The molecule has 2 heterocycles. The molecule has 0 radical (unpaired) electrons. The van der Waals surface area contributed by atoms with Crippen LogP contribution in [0.3, 0.4) is 0 Å². The molecule has 0 aromatic carbocycles. The Kier molecular flexibility index (Phi) is 18.8. The van der Waals surface area contributed by atoms with E-state index in [-0.39, 0.29) is 55.4 Å². The fraction of sp³-hybridized carbons (Fsp3) is 0.773. The number of nitrogens with zero attached hydrogens (tertiary/aromatic N) is 1. The quantitative estimate of drug-likeness (QED) is 0.0659. The number of esters is 1. The first-order valence-corrected chi connectivity index (χ1v) is 20.8. The normalized spacial score (nSPS) is 30.9. The van der Waals surface area contributed by atoms with Crippen molar-refractivity contribution in [3.63, 3.8) is 0 Å². The molecule has 0 aromatic heterocycles. The van der Waals surface area contributed by atoms with E-state index in [9.17, 15) is 34.5 Å². The van der Waals surface area contributed by atoms with Gasteiger partial charge in [-0.2, -0.15) is 0 Å². The van der Waals surface area contributed by atoms with Gasteiger partial charge >= 0.3 is 5.97 Å². The molecule has 3 N–H and O–H groups in total. The summed E-state index contributed by atoms with van der Waals surface area (Å²) in [6.07, 6.45) is 3.75. The van der Waals surface area contributed by atoms with Crippen LogP contribution >= 0.6 is 0 Å². The van der Waals surface area contributed by atoms with Crippen molar-refractivity contribution in [2.45, 2.75) is 161 Å². The van der Waals surface area contributed by atoms with Gasteiger partial charge in [-0.05, 0) is 87.2 Å². The lowest BCUT2D eigenvalue weighted by Crippen LogP contribution is -2.63. The topological polar surface area (TPSA) is 178 Å². The SMILES string of the molecule is C=CCC(=CC(C)C)C(=O)CC(O)C(C)C(OC(=O)C1CCCN1C(=O)C(=O)C1(O)OC(C(CC(C)C)OC)C(OC)CC1C)C(C)=CC1CCC(O)C(OC)C1. The van der Waals surface area contributed by atoms with E-state index < -0.39 is 77.9 Å². The molecule has 324 valence electrons. The van der Waals surface area contributed by atoms with E-state index in [1.807, 2.05) is 39.8 Å². The lowest BCUT2D eigenvalue weighted by molar-refractivity contribution is -0.302. The summed E-state index contributed by atoms with van der Waals surface area (Å²) in [5.41, 5.74) is 1.18. The average molecular weight is 806 g/mol. The summed E-state index contributed by atoms with van der Waals surface area (Å²) in [5.74, 6) is -7.00. The van der Waals surface area contributed by atoms with Gasteiger partial charge < -0.3 is 43.9 Å². The van der Waals surface area contributed by atoms with Gasteiger partial charge in [-0.3, -0.25) is 14.4 Å². The summed E-state index contributed by atoms with van der Waals surface area (Å²) in [7, 11) is 4.60. The summed E-state index contributed by atoms with van der Waals surface area (Å²) in [5, 5.41) is 33.7. The van der Waals surface area contributed by atoms with E-state index in [0.717, 1.165) is 4.90 Å². The summed E-state index contributed by atoms with van der Waals surface area (Å²) in [4.78, 5) is 56.8. The largest absolute Gasteiger partial charge is 0.456 e. The molecule has 12 atom stereocenters. The maximum atomic E-state index is 14.2. The summed E-state index contributed by atoms with van der Waals surface area (Å²) >= 11 is 0. The highest BCUT2D eigenvalue weighted by Gasteiger charge is 2.56. The van der Waals surface area contributed by atoms with E-state index in [1.54, 1.807) is 34.0 Å². The fourth-order valence-corrected chi connectivity index (χ4v) is 8.61. The first-order chi connectivity index (χ1) is 26.8. The fourth-order valence-electron chi connectivity index (χ4n) is 8.61. The molecule has 0 bridgehead atoms. The Morgan fingerprint density at radius 2 is 1.67 bits per heavy atom. The number of hydrogen-bond donors (Lipinski definition) is 3. The van der Waals surface area contributed by atoms with Crippen molar-refractivity contribution in [1.29, 1.82) is 0 Å². The van der Waals surface area contributed by atoms with Crippen LogP contribution < -0.4 is 0 Å². The standard InChI is InChI=1S/C44H71NO12/c1-12-14-31(19-25(2)3)35(48)24-34(47)29(8)39(27(6)21-30-16-17-33(46)36(23-30)53-9)56-43(51)32-15-13-18-45(32)42(50)41(49)44(52)28(7)22-38(55-11)40(57-44)37(54-10)20-26(4)5/h12,19,21,25-26,28-30,32-34,36-40,46-47,52H,1,13-18,20,22-24H2,2-11H3. The number of hydrogen-bond acceptors (Lipinski definition) is 12. The molecule has 12 unspecified atom stereocenters. The minimum absolute atomic E-state index is 0.0149. The lowest BCUT2D eigenvalue weighted by Gasteiger charge is -2.46. The Labute approximate surface area is 340 Å². The van der Waals surface area contributed by atoms with Crippen molar-refractivity contribution < 1.29 is 58.2 Å². The van der Waals surface area contributed by atoms with E-state index in [1.165, 1.54) is 14.2 Å². The summed E-state index contributed by atoms with van der Waals surface area (Å²) in [6.45, 7) is 16.9. The molecule has 1 aliphatic carbocycles. The van der Waals surface area contributed by atoms with Crippen LogP contribution in [0.2, 0.25) is 0 Å². The zero-order chi connectivity index (χ0) is 42.8. The lowest BCUT2D eigenvalue weighted by atomic mass is 9.82. The molecule has 3 rings (SSSR count). The van der Waals surface area contributed by atoms with Gasteiger partial charge in [-0.15, -0.1) is 6.58 Å². The predicted molar refractivity (Wildman–Crippen MR) is 215 cm³/mol. The number of methoxy groups -OCH3 is 3. The maximum absolute atomic E-state index is 14.2. The number of Topliss-reactive ketones (excluding diaryl/α,β-unsaturated/α-hetero) is 2. The highest BCUT2D eigenvalue weighted by atomic mass is 16.7. The predicted octanol–water partition coefficient (Wildman–Crippen LogP) is 4.89. The molecule has 0 aromatic rings. The van der Waals surface area contributed by atoms with Crippen molar-refractivity contribution >= 4 is 23.4 Å². The van der Waals surface area contributed by atoms with Gasteiger partial charge in [0.05, 0.1) is 30.5 Å². The second kappa shape index (κ2) is 22.0. The second-order valence-corrected chi connectivity index (χ2v) is 17.2. The molecule has 1 amide bonds. The number of allylic oxidation sites excluding steroid dienone is 4. The van der Waals surface area contributed by atoms with Crippen LogP contribution in [0.4, 0.5) is 0 Å². The number of carbonyl (C=O) groups is 4. The van der Waals surface area contributed by atoms with E-state index in [0.29, 0.717) is 49.7 Å². The zero-order valence-corrected chi connectivity index (χ0v) is 36.0. The monoisotopic (exact) mass is 805 g/mol. The number of rotatable bonds is 20. The summed E-state index contributed by atoms with van der Waals surface area (Å²) < 4.78 is 29.2. The first-order valence-electron chi connectivity index (χ1n) is 20.8. The Morgan fingerprint density at radius 1 is 1.00 bits per heavy atom. The minimum atomic E-state index is -2.49. The Morgan fingerprint density at radius 3 is 2.25 bits per heavy atom. The molecule has 57 heavy (non-hydrogen) atoms. The number of aliphatic hydroxyl groups is 3. The van der Waals surface area contributed by atoms with Crippen molar-refractivity contribution in [2.24, 2.45) is 29.6 Å². The van der Waals surface area contributed by atoms with Crippen LogP contribution in [0.1, 0.15) is 106 Å². The molecule has 13 heteroatoms. The van der Waals surface area contributed by atoms with Crippen molar-refractivity contribution in [3.05, 3.63) is 36.0 Å². The van der Waals surface area contributed by atoms with Crippen molar-refractivity contribution in [2.75, 3.05) is 27.9 Å². The van der Waals surface area contributed by atoms with E-state index in [4.69, 9.17) is 23.7 Å². The van der Waals surface area contributed by atoms with Gasteiger partial charge in [0.1, 0.15) is 18.2 Å². The van der Waals surface area contributed by atoms with Crippen LogP contribution in [-0.2, 0) is 42.9 Å². The van der Waals surface area contributed by atoms with E-state index >= 15 is 0 Å². The van der Waals surface area contributed by atoms with Crippen LogP contribution in [0.15, 0.2) is 36.0 Å². The average Bonchev–Trinajstić information content (AvgIpc) is 3.66. The molecule has 3 aliphatic rings. The number of carbonyl (C=O) groups excluding carboxylic acids is 4. The molecular weight excluding hydrogens is 734 g/mol. The number of likely N-dealkylation sites (tertiary alicyclic amines) is 1. The number of ether oxygens (including phenoxy) is 5. The second-order valence-electron chi connectivity index (χ2n) is 17.2. The molecule has 3 fully saturated rings. The third-order valence-electron chi connectivity index (χ3n) is 11.9. The number of amides is 1. The van der Waals surface area contributed by atoms with Gasteiger partial charge in [0.25, 0.3) is 11.7 Å². The maximum Gasteiger partial charge on any atom is 0.329 e. The number of aliphatic hydroxyl groups excluding tert-OH is 2. The van der Waals surface area contributed by atoms with Gasteiger partial charge in [0.15, 0.2) is 5.78 Å². The van der Waals surface area contributed by atoms with Gasteiger partial charge in [0.2, 0.25) is 5.79 Å². The van der Waals surface area contributed by atoms with Crippen LogP contribution in [0, 0.1) is 29.6 Å². The van der Waals surface area contributed by atoms with Crippen LogP contribution in [0.5, 0.6) is 0 Å². The smallest absolute Gasteiger partial charge is 0.329 e. The highest BCUT2D eigenvalue weighted by molar-refractivity contribution is 6.39. The third kappa shape index (κ3) is 12.4. The Balaban J connectivity index is 1.90. The molecular formula is C44H71NO12. The molecule has 0 spiro atoms. The van der Waals surface area contributed by atoms with Crippen molar-refractivity contribution in [1.82, 2.24) is 4.90 Å². The zero-order valence-electron chi connectivity index (χ0n) is 36.0. The Hall–Kier alpha value is -2.78. The van der Waals surface area contributed by atoms with Crippen molar-refractivity contribution in [3.8, 4) is 0 Å². The Bertz CT molecular complexity index is 1440. The van der Waals surface area contributed by atoms with Gasteiger partial charge in [-0.1, -0.05) is 59.8 Å². The summed E-state index contributed by atoms with van der Waals surface area (Å²) in [6, 6.07) is -1.14. The van der Waals surface area contributed by atoms with Gasteiger partial charge in [0, 0.05) is 46.1 Å². The molecule has 2 saturated heterocycles. The van der Waals surface area contributed by atoms with Crippen LogP contribution in [0.25, 0.3) is 0 Å². The minimum Gasteiger partial charge on any atom is -0.456 e. The number of ketones is 2. The van der Waals surface area contributed by atoms with E-state index in [2.05, 4.69) is 6.58 Å². The first kappa shape index (κ1) is 48.6. The van der Waals surface area contributed by atoms with Gasteiger partial charge in [-0.25, -0.2) is 4.79 Å². The van der Waals surface area contributed by atoms with Crippen LogP contribution in [-0.4, -0.2) is 126 Å². The third-order valence-corrected chi connectivity index (χ3v) is 11.9. The highest BCUT2D eigenvalue weighted by Crippen LogP contribution is 2.39. The molecule has 13 nitrogen and oxygen atoms in total. The molecule has 2 aliphatic heterocycles. The molecule has 1 saturated carbocycles.